The van der Waals surface area contributed by atoms with Gasteiger partial charge in [-0.15, -0.1) is 0 Å². The van der Waals surface area contributed by atoms with Gasteiger partial charge in [0.25, 0.3) is 0 Å². The van der Waals surface area contributed by atoms with Crippen LogP contribution in [-0.4, -0.2) is 25.9 Å². The van der Waals surface area contributed by atoms with Crippen LogP contribution in [0, 0.1) is 0 Å². The van der Waals surface area contributed by atoms with Gasteiger partial charge in [0.15, 0.2) is 17.5 Å². The Labute approximate surface area is 146 Å². The van der Waals surface area contributed by atoms with Crippen LogP contribution >= 0.6 is 0 Å². The normalized spacial score (nSPS) is 18.4. The molecule has 0 saturated heterocycles. The molecule has 0 saturated carbocycles. The molecule has 0 radical (unpaired) electrons. The molecule has 6 nitrogen and oxygen atoms in total. The lowest BCUT2D eigenvalue weighted by Gasteiger charge is -2.26. The second-order valence-corrected chi connectivity index (χ2v) is 6.08. The van der Waals surface area contributed by atoms with Crippen molar-refractivity contribution in [1.82, 2.24) is 5.32 Å². The van der Waals surface area contributed by atoms with Gasteiger partial charge in [-0.25, -0.2) is 0 Å². The number of nitrogens with two attached hydrogens (primary N) is 1. The molecule has 0 spiro atoms. The molecule has 0 aromatic heterocycles. The molecular formula is C19H21N3O3. The van der Waals surface area contributed by atoms with Crippen LogP contribution in [0.4, 0.5) is 0 Å². The highest BCUT2D eigenvalue weighted by Gasteiger charge is 2.21. The Balaban J connectivity index is 1.35. The Morgan fingerprint density at radius 2 is 1.96 bits per heavy atom. The maximum absolute atomic E-state index is 6.07. The van der Waals surface area contributed by atoms with Crippen LogP contribution in [0.2, 0.25) is 0 Å². The van der Waals surface area contributed by atoms with Crippen molar-refractivity contribution in [2.45, 2.75) is 18.9 Å². The van der Waals surface area contributed by atoms with Crippen molar-refractivity contribution in [2.75, 3.05) is 19.9 Å². The average molecular weight is 339 g/mol. The summed E-state index contributed by atoms with van der Waals surface area (Å²) in [5.41, 5.74) is 8.35. The molecule has 1 atom stereocenters. The molecule has 2 heterocycles. The van der Waals surface area contributed by atoms with Crippen molar-refractivity contribution in [3.05, 3.63) is 53.6 Å². The van der Waals surface area contributed by atoms with Crippen LogP contribution in [0.25, 0.3) is 0 Å². The number of nitrogens with one attached hydrogen (secondary N) is 1. The van der Waals surface area contributed by atoms with Crippen LogP contribution in [0.15, 0.2) is 47.5 Å². The van der Waals surface area contributed by atoms with Gasteiger partial charge in [0, 0.05) is 18.5 Å². The molecule has 0 fully saturated rings. The van der Waals surface area contributed by atoms with Crippen molar-refractivity contribution in [2.24, 2.45) is 10.7 Å². The van der Waals surface area contributed by atoms with E-state index in [0.717, 1.165) is 41.2 Å². The van der Waals surface area contributed by atoms with E-state index in [1.165, 1.54) is 0 Å². The Bertz CT molecular complexity index is 791. The van der Waals surface area contributed by atoms with E-state index in [1.54, 1.807) is 0 Å². The maximum atomic E-state index is 6.07. The zero-order valence-electron chi connectivity index (χ0n) is 13.9. The Hall–Kier alpha value is -2.89. The van der Waals surface area contributed by atoms with Crippen molar-refractivity contribution < 1.29 is 14.2 Å². The summed E-state index contributed by atoms with van der Waals surface area (Å²) >= 11 is 0. The SMILES string of the molecule is NC(=NCCc1ccc2c(c1)OCO2)NC1CCOc2ccccc21. The quantitative estimate of drug-likeness (QED) is 0.660. The van der Waals surface area contributed by atoms with Gasteiger partial charge >= 0.3 is 0 Å². The van der Waals surface area contributed by atoms with Gasteiger partial charge in [0.1, 0.15) is 5.75 Å². The molecule has 25 heavy (non-hydrogen) atoms. The summed E-state index contributed by atoms with van der Waals surface area (Å²) in [6.07, 6.45) is 1.67. The van der Waals surface area contributed by atoms with Gasteiger partial charge in [-0.05, 0) is 30.2 Å². The minimum absolute atomic E-state index is 0.138. The molecule has 0 bridgehead atoms. The molecule has 1 unspecified atom stereocenters. The fourth-order valence-corrected chi connectivity index (χ4v) is 3.12. The summed E-state index contributed by atoms with van der Waals surface area (Å²) in [6.45, 7) is 1.59. The molecule has 6 heteroatoms. The molecule has 4 rings (SSSR count). The van der Waals surface area contributed by atoms with Crippen LogP contribution in [0.5, 0.6) is 17.2 Å². The Morgan fingerprint density at radius 1 is 1.08 bits per heavy atom. The van der Waals surface area contributed by atoms with Crippen LogP contribution < -0.4 is 25.3 Å². The molecule has 0 amide bonds. The van der Waals surface area contributed by atoms with Gasteiger partial charge < -0.3 is 25.3 Å². The van der Waals surface area contributed by atoms with Crippen LogP contribution in [0.3, 0.4) is 0 Å². The number of para-hydroxylation sites is 1. The third kappa shape index (κ3) is 3.47. The van der Waals surface area contributed by atoms with Crippen LogP contribution in [0.1, 0.15) is 23.6 Å². The van der Waals surface area contributed by atoms with Crippen LogP contribution in [-0.2, 0) is 6.42 Å². The van der Waals surface area contributed by atoms with E-state index in [2.05, 4.69) is 16.4 Å². The lowest BCUT2D eigenvalue weighted by atomic mass is 10.0. The summed E-state index contributed by atoms with van der Waals surface area (Å²) in [5.74, 6) is 2.97. The van der Waals surface area contributed by atoms with Gasteiger partial charge in [0.2, 0.25) is 6.79 Å². The zero-order valence-corrected chi connectivity index (χ0v) is 13.9. The summed E-state index contributed by atoms with van der Waals surface area (Å²) in [6, 6.07) is 14.1. The second-order valence-electron chi connectivity index (χ2n) is 6.08. The number of fused-ring (bicyclic) bond motifs is 2. The topological polar surface area (TPSA) is 78.1 Å². The number of benzene rings is 2. The van der Waals surface area contributed by atoms with E-state index in [9.17, 15) is 0 Å². The predicted octanol–water partition coefficient (Wildman–Crippen LogP) is 2.39. The first-order chi connectivity index (χ1) is 12.3. The van der Waals surface area contributed by atoms with Gasteiger partial charge in [-0.2, -0.15) is 0 Å². The lowest BCUT2D eigenvalue weighted by molar-refractivity contribution is 0.174. The Morgan fingerprint density at radius 3 is 2.92 bits per heavy atom. The summed E-state index contributed by atoms with van der Waals surface area (Å²) in [4.78, 5) is 4.45. The largest absolute Gasteiger partial charge is 0.493 e. The monoisotopic (exact) mass is 339 g/mol. The number of rotatable bonds is 4. The van der Waals surface area contributed by atoms with Crippen molar-refractivity contribution in [3.63, 3.8) is 0 Å². The predicted molar refractivity (Wildman–Crippen MR) is 95.2 cm³/mol. The zero-order chi connectivity index (χ0) is 17.1. The second kappa shape index (κ2) is 6.93. The first kappa shape index (κ1) is 15.6. The minimum Gasteiger partial charge on any atom is -0.493 e. The summed E-state index contributed by atoms with van der Waals surface area (Å²) in [5, 5.41) is 3.31. The van der Waals surface area contributed by atoms with E-state index in [-0.39, 0.29) is 6.04 Å². The average Bonchev–Trinajstić information content (AvgIpc) is 3.10. The van der Waals surface area contributed by atoms with Gasteiger partial charge in [-0.1, -0.05) is 24.3 Å². The van der Waals surface area contributed by atoms with Crippen molar-refractivity contribution >= 4 is 5.96 Å². The van der Waals surface area contributed by atoms with E-state index >= 15 is 0 Å². The van der Waals surface area contributed by atoms with Gasteiger partial charge in [0.05, 0.1) is 12.6 Å². The molecule has 2 aliphatic heterocycles. The van der Waals surface area contributed by atoms with E-state index < -0.39 is 0 Å². The number of aliphatic imine (C=N–C) groups is 1. The third-order valence-electron chi connectivity index (χ3n) is 4.40. The molecule has 2 aliphatic rings. The number of hydrogen-bond donors (Lipinski definition) is 2. The smallest absolute Gasteiger partial charge is 0.231 e. The first-order valence-corrected chi connectivity index (χ1v) is 8.46. The number of ether oxygens (including phenoxy) is 3. The fourth-order valence-electron chi connectivity index (χ4n) is 3.12. The highest BCUT2D eigenvalue weighted by atomic mass is 16.7. The van der Waals surface area contributed by atoms with E-state index in [0.29, 0.717) is 25.9 Å². The fraction of sp³-hybridized carbons (Fsp3) is 0.316. The molecular weight excluding hydrogens is 318 g/mol. The molecule has 130 valence electrons. The molecule has 2 aromatic carbocycles. The minimum atomic E-state index is 0.138. The number of guanidine groups is 1. The third-order valence-corrected chi connectivity index (χ3v) is 4.40. The lowest BCUT2D eigenvalue weighted by Crippen LogP contribution is -2.37. The van der Waals surface area contributed by atoms with Crippen molar-refractivity contribution in [1.29, 1.82) is 0 Å². The number of nitrogens with zero attached hydrogens (tertiary/aromatic N) is 1. The van der Waals surface area contributed by atoms with Gasteiger partial charge in [-0.3, -0.25) is 4.99 Å². The maximum Gasteiger partial charge on any atom is 0.231 e. The molecule has 0 aliphatic carbocycles. The Kier molecular flexibility index (Phi) is 4.33. The first-order valence-electron chi connectivity index (χ1n) is 8.46. The van der Waals surface area contributed by atoms with Crippen molar-refractivity contribution in [3.8, 4) is 17.2 Å². The highest BCUT2D eigenvalue weighted by Crippen LogP contribution is 2.33. The number of hydrogen-bond acceptors (Lipinski definition) is 4. The summed E-state index contributed by atoms with van der Waals surface area (Å²) < 4.78 is 16.4. The standard InChI is InChI=1S/C19H21N3O3/c20-19(22-15-8-10-23-16-4-2-1-3-14(15)16)21-9-7-13-5-6-17-18(11-13)25-12-24-17/h1-6,11,15H,7-10,12H2,(H3,20,21,22). The summed E-state index contributed by atoms with van der Waals surface area (Å²) in [7, 11) is 0. The van der Waals surface area contributed by atoms with E-state index in [1.807, 2.05) is 36.4 Å². The van der Waals surface area contributed by atoms with E-state index in [4.69, 9.17) is 19.9 Å². The molecule has 2 aromatic rings. The molecule has 3 N–H and O–H groups in total. The highest BCUT2D eigenvalue weighted by molar-refractivity contribution is 5.78.